The number of Topliss-reactive ketones (excluding diaryl/α,β-unsaturated/α-hetero) is 1. The van der Waals surface area contributed by atoms with Crippen LogP contribution in [-0.4, -0.2) is 16.5 Å². The Bertz CT molecular complexity index is 190. The molecule has 0 spiro atoms. The zero-order valence-corrected chi connectivity index (χ0v) is 9.38. The van der Waals surface area contributed by atoms with E-state index in [0.717, 1.165) is 19.3 Å². The van der Waals surface area contributed by atoms with Gasteiger partial charge in [-0.15, -0.1) is 0 Å². The number of hydrogen-bond acceptors (Lipinski definition) is 2. The molecular formula is C12H22O2. The molecule has 0 amide bonds. The standard InChI is InChI=1S/C12H22O2/c1-10(2)6-7-11(13)12(14)8-4-3-5-9-12/h10,14H,3-9H2,1-2H3. The van der Waals surface area contributed by atoms with Gasteiger partial charge < -0.3 is 5.11 Å². The molecule has 1 saturated carbocycles. The Hall–Kier alpha value is -0.370. The first-order chi connectivity index (χ1) is 6.54. The van der Waals surface area contributed by atoms with E-state index in [2.05, 4.69) is 13.8 Å². The van der Waals surface area contributed by atoms with E-state index in [-0.39, 0.29) is 5.78 Å². The van der Waals surface area contributed by atoms with Gasteiger partial charge in [0.2, 0.25) is 0 Å². The van der Waals surface area contributed by atoms with E-state index in [4.69, 9.17) is 0 Å². The van der Waals surface area contributed by atoms with Crippen LogP contribution in [0.15, 0.2) is 0 Å². The molecule has 2 nitrogen and oxygen atoms in total. The molecule has 1 N–H and O–H groups in total. The lowest BCUT2D eigenvalue weighted by molar-refractivity contribution is -0.140. The summed E-state index contributed by atoms with van der Waals surface area (Å²) in [6.45, 7) is 4.22. The molecular weight excluding hydrogens is 176 g/mol. The number of carbonyl (C=O) groups is 1. The minimum Gasteiger partial charge on any atom is -0.382 e. The summed E-state index contributed by atoms with van der Waals surface area (Å²) in [5, 5.41) is 10.1. The molecule has 0 bridgehead atoms. The first-order valence-electron chi connectivity index (χ1n) is 5.80. The van der Waals surface area contributed by atoms with Crippen molar-refractivity contribution in [3.63, 3.8) is 0 Å². The van der Waals surface area contributed by atoms with E-state index in [1.807, 2.05) is 0 Å². The number of aliphatic hydroxyl groups is 1. The van der Waals surface area contributed by atoms with Crippen molar-refractivity contribution < 1.29 is 9.90 Å². The van der Waals surface area contributed by atoms with Crippen LogP contribution in [0.25, 0.3) is 0 Å². The Morgan fingerprint density at radius 2 is 1.86 bits per heavy atom. The zero-order chi connectivity index (χ0) is 10.6. The van der Waals surface area contributed by atoms with Gasteiger partial charge in [0.1, 0.15) is 5.60 Å². The molecule has 0 unspecified atom stereocenters. The Morgan fingerprint density at radius 1 is 1.29 bits per heavy atom. The maximum absolute atomic E-state index is 11.8. The molecule has 1 aliphatic rings. The maximum Gasteiger partial charge on any atom is 0.164 e. The van der Waals surface area contributed by atoms with E-state index in [0.29, 0.717) is 25.2 Å². The molecule has 2 heteroatoms. The van der Waals surface area contributed by atoms with E-state index in [9.17, 15) is 9.90 Å². The number of rotatable bonds is 4. The van der Waals surface area contributed by atoms with Crippen molar-refractivity contribution in [1.82, 2.24) is 0 Å². The average Bonchev–Trinajstić information content (AvgIpc) is 2.15. The van der Waals surface area contributed by atoms with Crippen molar-refractivity contribution in [2.75, 3.05) is 0 Å². The Kier molecular flexibility index (Phi) is 4.11. The highest BCUT2D eigenvalue weighted by molar-refractivity contribution is 5.87. The Balaban J connectivity index is 2.41. The van der Waals surface area contributed by atoms with Gasteiger partial charge in [0.05, 0.1) is 0 Å². The van der Waals surface area contributed by atoms with Crippen LogP contribution in [0.4, 0.5) is 0 Å². The van der Waals surface area contributed by atoms with Gasteiger partial charge >= 0.3 is 0 Å². The smallest absolute Gasteiger partial charge is 0.164 e. The van der Waals surface area contributed by atoms with Gasteiger partial charge in [-0.2, -0.15) is 0 Å². The summed E-state index contributed by atoms with van der Waals surface area (Å²) in [5.41, 5.74) is -0.965. The van der Waals surface area contributed by atoms with Gasteiger partial charge in [0, 0.05) is 6.42 Å². The van der Waals surface area contributed by atoms with Crippen molar-refractivity contribution in [3.05, 3.63) is 0 Å². The zero-order valence-electron chi connectivity index (χ0n) is 9.38. The van der Waals surface area contributed by atoms with E-state index in [1.54, 1.807) is 0 Å². The van der Waals surface area contributed by atoms with Crippen LogP contribution >= 0.6 is 0 Å². The molecule has 1 aliphatic carbocycles. The highest BCUT2D eigenvalue weighted by Gasteiger charge is 2.35. The molecule has 0 heterocycles. The van der Waals surface area contributed by atoms with Crippen molar-refractivity contribution >= 4 is 5.78 Å². The summed E-state index contributed by atoms with van der Waals surface area (Å²) in [5.74, 6) is 0.622. The topological polar surface area (TPSA) is 37.3 Å². The average molecular weight is 198 g/mol. The summed E-state index contributed by atoms with van der Waals surface area (Å²) >= 11 is 0. The van der Waals surface area contributed by atoms with E-state index >= 15 is 0 Å². The van der Waals surface area contributed by atoms with Crippen molar-refractivity contribution in [3.8, 4) is 0 Å². The minimum atomic E-state index is -0.965. The van der Waals surface area contributed by atoms with E-state index in [1.165, 1.54) is 6.42 Å². The fraction of sp³-hybridized carbons (Fsp3) is 0.917. The summed E-state index contributed by atoms with van der Waals surface area (Å²) in [6.07, 6.45) is 6.00. The molecule has 1 fully saturated rings. The first-order valence-corrected chi connectivity index (χ1v) is 5.80. The molecule has 0 aromatic carbocycles. The normalized spacial score (nSPS) is 21.1. The number of carbonyl (C=O) groups excluding carboxylic acids is 1. The van der Waals surface area contributed by atoms with Crippen LogP contribution in [0.2, 0.25) is 0 Å². The molecule has 0 aromatic heterocycles. The van der Waals surface area contributed by atoms with Gasteiger partial charge in [-0.05, 0) is 25.2 Å². The van der Waals surface area contributed by atoms with Crippen LogP contribution in [0.1, 0.15) is 58.8 Å². The fourth-order valence-corrected chi connectivity index (χ4v) is 2.07. The number of ketones is 1. The first kappa shape index (κ1) is 11.7. The number of hydrogen-bond donors (Lipinski definition) is 1. The SMILES string of the molecule is CC(C)CCC(=O)C1(O)CCCCC1. The van der Waals surface area contributed by atoms with Crippen LogP contribution in [0.3, 0.4) is 0 Å². The second kappa shape index (κ2) is 4.92. The van der Waals surface area contributed by atoms with Gasteiger partial charge in [-0.3, -0.25) is 4.79 Å². The second-order valence-corrected chi connectivity index (χ2v) is 4.95. The van der Waals surface area contributed by atoms with Gasteiger partial charge in [-0.25, -0.2) is 0 Å². The second-order valence-electron chi connectivity index (χ2n) is 4.95. The molecule has 0 aliphatic heterocycles. The largest absolute Gasteiger partial charge is 0.382 e. The maximum atomic E-state index is 11.8. The predicted octanol–water partition coefficient (Wildman–Crippen LogP) is 2.69. The summed E-state index contributed by atoms with van der Waals surface area (Å²) < 4.78 is 0. The van der Waals surface area contributed by atoms with Gasteiger partial charge in [0.25, 0.3) is 0 Å². The third-order valence-electron chi connectivity index (χ3n) is 3.15. The summed E-state index contributed by atoms with van der Waals surface area (Å²) in [4.78, 5) is 11.8. The van der Waals surface area contributed by atoms with Crippen molar-refractivity contribution in [1.29, 1.82) is 0 Å². The highest BCUT2D eigenvalue weighted by Crippen LogP contribution is 2.30. The van der Waals surface area contributed by atoms with Crippen LogP contribution in [0.5, 0.6) is 0 Å². The molecule has 0 atom stereocenters. The highest BCUT2D eigenvalue weighted by atomic mass is 16.3. The van der Waals surface area contributed by atoms with Crippen molar-refractivity contribution in [2.24, 2.45) is 5.92 Å². The lowest BCUT2D eigenvalue weighted by Gasteiger charge is -2.30. The molecule has 1 rings (SSSR count). The third-order valence-corrected chi connectivity index (χ3v) is 3.15. The molecule has 0 saturated heterocycles. The van der Waals surface area contributed by atoms with Gasteiger partial charge in [-0.1, -0.05) is 33.1 Å². The van der Waals surface area contributed by atoms with E-state index < -0.39 is 5.60 Å². The fourth-order valence-electron chi connectivity index (χ4n) is 2.07. The van der Waals surface area contributed by atoms with Crippen LogP contribution in [-0.2, 0) is 4.79 Å². The molecule has 14 heavy (non-hydrogen) atoms. The quantitative estimate of drug-likeness (QED) is 0.754. The lowest BCUT2D eigenvalue weighted by atomic mass is 9.80. The van der Waals surface area contributed by atoms with Crippen LogP contribution in [0, 0.1) is 5.92 Å². The minimum absolute atomic E-state index is 0.0749. The Morgan fingerprint density at radius 3 is 2.36 bits per heavy atom. The van der Waals surface area contributed by atoms with Gasteiger partial charge in [0.15, 0.2) is 5.78 Å². The summed E-state index contributed by atoms with van der Waals surface area (Å²) in [6, 6.07) is 0. The van der Waals surface area contributed by atoms with Crippen LogP contribution < -0.4 is 0 Å². The predicted molar refractivity (Wildman–Crippen MR) is 57.1 cm³/mol. The molecule has 0 aromatic rings. The monoisotopic (exact) mass is 198 g/mol. The Labute approximate surface area is 86.7 Å². The third kappa shape index (κ3) is 3.09. The molecule has 82 valence electrons. The molecule has 0 radical (unpaired) electrons. The lowest BCUT2D eigenvalue weighted by Crippen LogP contribution is -2.40. The van der Waals surface area contributed by atoms with Crippen molar-refractivity contribution in [2.45, 2.75) is 64.4 Å². The summed E-state index contributed by atoms with van der Waals surface area (Å²) in [7, 11) is 0.